The number of aliphatic carboxylic acids is 1. The Labute approximate surface area is 236 Å². The van der Waals surface area contributed by atoms with Crippen LogP contribution < -0.4 is 14.4 Å². The fraction of sp³-hybridized carbons (Fsp3) is 0.500. The standard InChI is InChI=1S/C28H33F3N2O7S/c1-4-6-19(25(34)35)13-21-16-33(41(37,38)22-8-5-7-18(14-22)17-9-10-17)23-15-20(11-12-24(23)39-21)32-26(36)40-27(2,3)28(29,30)31/h5,7-8,11-12,14-15,17,19,21H,4,6,9-10,13,16H2,1-3H3,(H,32,36)(H,34,35). The van der Waals surface area contributed by atoms with Crippen molar-refractivity contribution < 1.29 is 45.8 Å². The van der Waals surface area contributed by atoms with Gasteiger partial charge in [0.05, 0.1) is 23.0 Å². The van der Waals surface area contributed by atoms with Gasteiger partial charge in [0.2, 0.25) is 5.60 Å². The summed E-state index contributed by atoms with van der Waals surface area (Å²) >= 11 is 0. The van der Waals surface area contributed by atoms with Crippen LogP contribution in [0.3, 0.4) is 0 Å². The molecule has 0 aromatic heterocycles. The third kappa shape index (κ3) is 6.88. The number of benzene rings is 2. The Balaban J connectivity index is 1.68. The van der Waals surface area contributed by atoms with E-state index in [-0.39, 0.29) is 35.0 Å². The SMILES string of the molecule is CCCC(CC1CN(S(=O)(=O)c2cccc(C3CC3)c2)c2cc(NC(=O)OC(C)(C)C(F)(F)F)ccc2O1)C(=O)O. The lowest BCUT2D eigenvalue weighted by molar-refractivity contribution is -0.242. The monoisotopic (exact) mass is 598 g/mol. The highest BCUT2D eigenvalue weighted by molar-refractivity contribution is 7.92. The van der Waals surface area contributed by atoms with Gasteiger partial charge in [-0.1, -0.05) is 25.5 Å². The van der Waals surface area contributed by atoms with Crippen LogP contribution in [0, 0.1) is 5.92 Å². The van der Waals surface area contributed by atoms with Crippen molar-refractivity contribution in [3.8, 4) is 5.75 Å². The lowest BCUT2D eigenvalue weighted by atomic mass is 9.96. The molecule has 2 N–H and O–H groups in total. The van der Waals surface area contributed by atoms with Gasteiger partial charge in [-0.3, -0.25) is 14.4 Å². The van der Waals surface area contributed by atoms with Crippen molar-refractivity contribution >= 4 is 33.5 Å². The number of nitrogens with one attached hydrogen (secondary N) is 1. The molecule has 2 unspecified atom stereocenters. The smallest absolute Gasteiger partial charge is 0.427 e. The first-order valence-electron chi connectivity index (χ1n) is 13.4. The molecule has 0 bridgehead atoms. The summed E-state index contributed by atoms with van der Waals surface area (Å²) in [6, 6.07) is 10.6. The Hall–Kier alpha value is -3.48. The van der Waals surface area contributed by atoms with Gasteiger partial charge < -0.3 is 14.6 Å². The zero-order valence-electron chi connectivity index (χ0n) is 22.9. The number of carboxylic acid groups (broad SMARTS) is 1. The Kier molecular flexibility index (Phi) is 8.49. The molecule has 224 valence electrons. The molecule has 2 aliphatic rings. The van der Waals surface area contributed by atoms with E-state index in [2.05, 4.69) is 10.1 Å². The molecule has 4 rings (SSSR count). The van der Waals surface area contributed by atoms with E-state index >= 15 is 0 Å². The number of ether oxygens (including phenoxy) is 2. The molecule has 13 heteroatoms. The normalized spacial score (nSPS) is 18.2. The van der Waals surface area contributed by atoms with E-state index in [1.165, 1.54) is 24.3 Å². The summed E-state index contributed by atoms with van der Waals surface area (Å²) in [6.45, 7) is 3.07. The maximum atomic E-state index is 14.0. The van der Waals surface area contributed by atoms with Crippen molar-refractivity contribution in [2.75, 3.05) is 16.2 Å². The average Bonchev–Trinajstić information content (AvgIpc) is 3.73. The van der Waals surface area contributed by atoms with Crippen molar-refractivity contribution in [1.29, 1.82) is 0 Å². The fourth-order valence-electron chi connectivity index (χ4n) is 4.65. The number of amides is 1. The van der Waals surface area contributed by atoms with Gasteiger partial charge in [0, 0.05) is 5.69 Å². The minimum atomic E-state index is -4.81. The van der Waals surface area contributed by atoms with Gasteiger partial charge in [-0.25, -0.2) is 13.2 Å². The first-order chi connectivity index (χ1) is 19.1. The Morgan fingerprint density at radius 1 is 1.17 bits per heavy atom. The van der Waals surface area contributed by atoms with Crippen molar-refractivity contribution in [1.82, 2.24) is 0 Å². The highest BCUT2D eigenvalue weighted by Gasteiger charge is 2.51. The molecule has 1 aliphatic carbocycles. The van der Waals surface area contributed by atoms with Crippen molar-refractivity contribution in [3.63, 3.8) is 0 Å². The lowest BCUT2D eigenvalue weighted by Crippen LogP contribution is -2.45. The zero-order valence-corrected chi connectivity index (χ0v) is 23.7. The number of hydrogen-bond donors (Lipinski definition) is 2. The number of anilines is 2. The molecule has 2 aromatic rings. The number of rotatable bonds is 10. The maximum Gasteiger partial charge on any atom is 0.427 e. The van der Waals surface area contributed by atoms with Crippen molar-refractivity contribution in [2.24, 2.45) is 5.92 Å². The van der Waals surface area contributed by atoms with Crippen LogP contribution in [-0.4, -0.2) is 50.0 Å². The van der Waals surface area contributed by atoms with Crippen LogP contribution in [0.2, 0.25) is 0 Å². The number of fused-ring (bicyclic) bond motifs is 1. The number of carbonyl (C=O) groups is 2. The Morgan fingerprint density at radius 3 is 2.49 bits per heavy atom. The number of sulfonamides is 1. The van der Waals surface area contributed by atoms with Crippen molar-refractivity contribution in [3.05, 3.63) is 48.0 Å². The summed E-state index contributed by atoms with van der Waals surface area (Å²) in [5, 5.41) is 11.9. The molecule has 1 saturated carbocycles. The molecule has 41 heavy (non-hydrogen) atoms. The molecule has 1 amide bonds. The summed E-state index contributed by atoms with van der Waals surface area (Å²) in [5.41, 5.74) is -1.83. The first-order valence-corrected chi connectivity index (χ1v) is 14.8. The Bertz CT molecular complexity index is 1410. The molecule has 1 aliphatic heterocycles. The number of carboxylic acids is 1. The van der Waals surface area contributed by atoms with Crippen LogP contribution in [0.5, 0.6) is 5.75 Å². The van der Waals surface area contributed by atoms with Crippen LogP contribution in [0.25, 0.3) is 0 Å². The predicted octanol–water partition coefficient (Wildman–Crippen LogP) is 6.30. The van der Waals surface area contributed by atoms with E-state index in [9.17, 15) is 36.3 Å². The van der Waals surface area contributed by atoms with Crippen LogP contribution in [0.4, 0.5) is 29.3 Å². The van der Waals surface area contributed by atoms with Gasteiger partial charge in [-0.05, 0) is 81.3 Å². The van der Waals surface area contributed by atoms with Crippen LogP contribution in [0.15, 0.2) is 47.4 Å². The minimum absolute atomic E-state index is 0.0184. The number of nitrogens with zero attached hydrogens (tertiary/aromatic N) is 1. The fourth-order valence-corrected chi connectivity index (χ4v) is 6.21. The number of carbonyl (C=O) groups excluding carboxylic acids is 1. The van der Waals surface area contributed by atoms with E-state index in [0.29, 0.717) is 32.6 Å². The molecule has 1 fully saturated rings. The molecular formula is C28H33F3N2O7S. The third-order valence-corrected chi connectivity index (χ3v) is 8.97. The molecule has 1 heterocycles. The van der Waals surface area contributed by atoms with E-state index in [1.807, 2.05) is 13.0 Å². The summed E-state index contributed by atoms with van der Waals surface area (Å²) in [6.07, 6.45) is -3.97. The van der Waals surface area contributed by atoms with E-state index < -0.39 is 45.9 Å². The van der Waals surface area contributed by atoms with Gasteiger partial charge in [-0.15, -0.1) is 0 Å². The molecule has 2 aromatic carbocycles. The maximum absolute atomic E-state index is 14.0. The Morgan fingerprint density at radius 2 is 1.88 bits per heavy atom. The molecule has 0 saturated heterocycles. The summed E-state index contributed by atoms with van der Waals surface area (Å²) in [7, 11) is -4.19. The molecule has 0 radical (unpaired) electrons. The van der Waals surface area contributed by atoms with E-state index in [1.54, 1.807) is 12.1 Å². The predicted molar refractivity (Wildman–Crippen MR) is 145 cm³/mol. The second-order valence-corrected chi connectivity index (χ2v) is 12.7. The first kappa shape index (κ1) is 30.5. The van der Waals surface area contributed by atoms with Gasteiger partial charge in [-0.2, -0.15) is 13.2 Å². The summed E-state index contributed by atoms with van der Waals surface area (Å²) in [5.74, 6) is -1.34. The quantitative estimate of drug-likeness (QED) is 0.329. The van der Waals surface area contributed by atoms with Gasteiger partial charge in [0.1, 0.15) is 11.9 Å². The summed E-state index contributed by atoms with van der Waals surface area (Å²) in [4.78, 5) is 24.2. The van der Waals surface area contributed by atoms with Crippen LogP contribution in [-0.2, 0) is 19.6 Å². The second kappa shape index (κ2) is 11.4. The topological polar surface area (TPSA) is 122 Å². The minimum Gasteiger partial charge on any atom is -0.486 e. The molecule has 2 atom stereocenters. The molecular weight excluding hydrogens is 565 g/mol. The largest absolute Gasteiger partial charge is 0.486 e. The van der Waals surface area contributed by atoms with Gasteiger partial charge in [0.15, 0.2) is 0 Å². The zero-order chi connectivity index (χ0) is 30.2. The summed E-state index contributed by atoms with van der Waals surface area (Å²) < 4.78 is 79.2. The number of hydrogen-bond acceptors (Lipinski definition) is 6. The molecule has 0 spiro atoms. The third-order valence-electron chi connectivity index (χ3n) is 7.20. The van der Waals surface area contributed by atoms with E-state index in [4.69, 9.17) is 4.74 Å². The van der Waals surface area contributed by atoms with Gasteiger partial charge >= 0.3 is 18.2 Å². The van der Waals surface area contributed by atoms with Crippen LogP contribution in [0.1, 0.15) is 64.4 Å². The number of halogens is 3. The highest BCUT2D eigenvalue weighted by Crippen LogP contribution is 2.43. The second-order valence-electron chi connectivity index (χ2n) is 10.9. The average molecular weight is 599 g/mol. The van der Waals surface area contributed by atoms with Gasteiger partial charge in [0.25, 0.3) is 10.0 Å². The van der Waals surface area contributed by atoms with Crippen molar-refractivity contribution in [2.45, 2.75) is 81.6 Å². The van der Waals surface area contributed by atoms with Crippen LogP contribution >= 0.6 is 0 Å². The number of alkyl halides is 3. The molecule has 9 nitrogen and oxygen atoms in total. The van der Waals surface area contributed by atoms with E-state index in [0.717, 1.165) is 22.7 Å². The highest BCUT2D eigenvalue weighted by atomic mass is 32.2. The lowest BCUT2D eigenvalue weighted by Gasteiger charge is -2.36.